The van der Waals surface area contributed by atoms with Gasteiger partial charge < -0.3 is 10.6 Å². The summed E-state index contributed by atoms with van der Waals surface area (Å²) in [5, 5.41) is 0.115. The molecule has 0 radical (unpaired) electrons. The summed E-state index contributed by atoms with van der Waals surface area (Å²) in [5.41, 5.74) is 8.21. The predicted octanol–water partition coefficient (Wildman–Crippen LogP) is 5.07. The van der Waals surface area contributed by atoms with Crippen LogP contribution in [0, 0.1) is 23.4 Å². The van der Waals surface area contributed by atoms with Gasteiger partial charge in [0.15, 0.2) is 0 Å². The van der Waals surface area contributed by atoms with Gasteiger partial charge in [0.05, 0.1) is 11.1 Å². The molecule has 5 nitrogen and oxygen atoms in total. The maximum atomic E-state index is 15.2. The summed E-state index contributed by atoms with van der Waals surface area (Å²) in [5.74, 6) is -2.07. The van der Waals surface area contributed by atoms with E-state index in [-0.39, 0.29) is 22.6 Å². The molecular formula is C27H26F3N5. The Hall–Kier alpha value is -3.52. The zero-order valence-corrected chi connectivity index (χ0v) is 19.4. The first-order valence-electron chi connectivity index (χ1n) is 11.7. The molecule has 0 bridgehead atoms. The Morgan fingerprint density at radius 2 is 1.89 bits per heavy atom. The molecule has 1 aromatic carbocycles. The van der Waals surface area contributed by atoms with Crippen LogP contribution >= 0.6 is 0 Å². The van der Waals surface area contributed by atoms with Gasteiger partial charge in [-0.3, -0.25) is 9.97 Å². The number of fused-ring (bicyclic) bond motifs is 1. The maximum Gasteiger partial charge on any atom is 0.149 e. The molecule has 1 aliphatic heterocycles. The Bertz CT molecular complexity index is 1370. The number of anilines is 1. The van der Waals surface area contributed by atoms with E-state index in [1.165, 1.54) is 18.3 Å². The molecule has 4 aromatic rings. The van der Waals surface area contributed by atoms with E-state index in [4.69, 9.17) is 5.73 Å². The summed E-state index contributed by atoms with van der Waals surface area (Å²) < 4.78 is 44.7. The maximum absolute atomic E-state index is 15.2. The number of pyridine rings is 3. The van der Waals surface area contributed by atoms with Crippen LogP contribution in [0.2, 0.25) is 0 Å². The number of aromatic nitrogens is 3. The van der Waals surface area contributed by atoms with Crippen molar-refractivity contribution in [3.63, 3.8) is 0 Å². The standard InChI is InChI=1S/C27H26F3N5/c1-16-11-18(31)15-35(14-16)24-8-10-32-13-17(24)4-5-19-6-7-21(28)27(34-19)25-22(29)12-23-20(26(25)30)3-2-9-33-23/h2-3,6-10,12-13,16,18H,4-5,11,14-15,31H2,1H3/t16-,18+/m1/s1. The van der Waals surface area contributed by atoms with Gasteiger partial charge in [-0.25, -0.2) is 18.2 Å². The molecular weight excluding hydrogens is 451 g/mol. The molecule has 2 N–H and O–H groups in total. The Balaban J connectivity index is 1.44. The fourth-order valence-electron chi connectivity index (χ4n) is 4.94. The van der Waals surface area contributed by atoms with Crippen molar-refractivity contribution in [1.29, 1.82) is 0 Å². The van der Waals surface area contributed by atoms with Crippen LogP contribution in [0.3, 0.4) is 0 Å². The fourth-order valence-corrected chi connectivity index (χ4v) is 4.94. The Labute approximate surface area is 201 Å². The van der Waals surface area contributed by atoms with E-state index in [9.17, 15) is 8.78 Å². The second-order valence-corrected chi connectivity index (χ2v) is 9.26. The van der Waals surface area contributed by atoms with E-state index < -0.39 is 23.0 Å². The van der Waals surface area contributed by atoms with Gasteiger partial charge >= 0.3 is 0 Å². The molecule has 0 amide bonds. The van der Waals surface area contributed by atoms with Gasteiger partial charge in [-0.2, -0.15) is 0 Å². The molecule has 3 aromatic heterocycles. The van der Waals surface area contributed by atoms with E-state index in [1.807, 2.05) is 12.3 Å². The van der Waals surface area contributed by atoms with Crippen LogP contribution in [0.25, 0.3) is 22.2 Å². The molecule has 8 heteroatoms. The van der Waals surface area contributed by atoms with Gasteiger partial charge in [0.1, 0.15) is 23.1 Å². The largest absolute Gasteiger partial charge is 0.369 e. The lowest BCUT2D eigenvalue weighted by atomic mass is 9.95. The monoisotopic (exact) mass is 477 g/mol. The van der Waals surface area contributed by atoms with E-state index in [1.54, 1.807) is 18.3 Å². The van der Waals surface area contributed by atoms with Crippen LogP contribution in [0.4, 0.5) is 18.9 Å². The molecule has 1 aliphatic rings. The highest BCUT2D eigenvalue weighted by Crippen LogP contribution is 2.32. The second kappa shape index (κ2) is 9.62. The van der Waals surface area contributed by atoms with Crippen molar-refractivity contribution in [2.24, 2.45) is 11.7 Å². The highest BCUT2D eigenvalue weighted by Gasteiger charge is 2.24. The van der Waals surface area contributed by atoms with Crippen molar-refractivity contribution in [1.82, 2.24) is 15.0 Å². The number of halogens is 3. The van der Waals surface area contributed by atoms with Gasteiger partial charge in [-0.15, -0.1) is 0 Å². The van der Waals surface area contributed by atoms with Crippen molar-refractivity contribution < 1.29 is 13.2 Å². The zero-order chi connectivity index (χ0) is 24.5. The Kier molecular flexibility index (Phi) is 6.38. The summed E-state index contributed by atoms with van der Waals surface area (Å²) in [4.78, 5) is 14.9. The van der Waals surface area contributed by atoms with Crippen LogP contribution in [-0.2, 0) is 12.8 Å². The highest BCUT2D eigenvalue weighted by atomic mass is 19.1. The van der Waals surface area contributed by atoms with Crippen LogP contribution in [-0.4, -0.2) is 34.1 Å². The number of benzene rings is 1. The summed E-state index contributed by atoms with van der Waals surface area (Å²) >= 11 is 0. The highest BCUT2D eigenvalue weighted by molar-refractivity contribution is 5.85. The van der Waals surface area contributed by atoms with Crippen molar-refractivity contribution in [3.05, 3.63) is 83.7 Å². The quantitative estimate of drug-likeness (QED) is 0.435. The molecule has 180 valence electrons. The molecule has 0 saturated carbocycles. The topological polar surface area (TPSA) is 67.9 Å². The number of nitrogens with zero attached hydrogens (tertiary/aromatic N) is 4. The van der Waals surface area contributed by atoms with E-state index in [0.717, 1.165) is 36.8 Å². The summed E-state index contributed by atoms with van der Waals surface area (Å²) in [6, 6.07) is 8.99. The number of hydrogen-bond donors (Lipinski definition) is 1. The average molecular weight is 478 g/mol. The third-order valence-electron chi connectivity index (χ3n) is 6.50. The molecule has 1 fully saturated rings. The van der Waals surface area contributed by atoms with Crippen LogP contribution in [0.5, 0.6) is 0 Å². The van der Waals surface area contributed by atoms with Gasteiger partial charge in [0.25, 0.3) is 0 Å². The smallest absolute Gasteiger partial charge is 0.149 e. The minimum atomic E-state index is -0.901. The van der Waals surface area contributed by atoms with Crippen molar-refractivity contribution in [2.45, 2.75) is 32.2 Å². The van der Waals surface area contributed by atoms with Gasteiger partial charge in [0.2, 0.25) is 0 Å². The fraction of sp³-hybridized carbons (Fsp3) is 0.296. The third kappa shape index (κ3) is 4.71. The second-order valence-electron chi connectivity index (χ2n) is 9.26. The lowest BCUT2D eigenvalue weighted by molar-refractivity contribution is 0.401. The van der Waals surface area contributed by atoms with Crippen molar-refractivity contribution in [3.8, 4) is 11.3 Å². The van der Waals surface area contributed by atoms with Gasteiger partial charge in [-0.1, -0.05) is 6.92 Å². The SMILES string of the molecule is C[C@@H]1C[C@H](N)CN(c2ccncc2CCc2ccc(F)c(-c3c(F)cc4ncccc4c3F)n2)C1. The molecule has 35 heavy (non-hydrogen) atoms. The van der Waals surface area contributed by atoms with Crippen LogP contribution in [0.15, 0.2) is 55.0 Å². The first kappa shape index (κ1) is 23.2. The number of piperidine rings is 1. The molecule has 4 heterocycles. The van der Waals surface area contributed by atoms with Crippen LogP contribution in [0.1, 0.15) is 24.6 Å². The summed E-state index contributed by atoms with van der Waals surface area (Å²) in [6.07, 6.45) is 7.08. The minimum Gasteiger partial charge on any atom is -0.369 e. The Morgan fingerprint density at radius 1 is 1.03 bits per heavy atom. The number of rotatable bonds is 5. The third-order valence-corrected chi connectivity index (χ3v) is 6.50. The zero-order valence-electron chi connectivity index (χ0n) is 19.4. The van der Waals surface area contributed by atoms with E-state index in [2.05, 4.69) is 26.8 Å². The molecule has 5 rings (SSSR count). The van der Waals surface area contributed by atoms with E-state index >= 15 is 4.39 Å². The lowest BCUT2D eigenvalue weighted by Crippen LogP contribution is -2.46. The molecule has 0 unspecified atom stereocenters. The molecule has 1 saturated heterocycles. The molecule has 0 spiro atoms. The first-order valence-corrected chi connectivity index (χ1v) is 11.7. The minimum absolute atomic E-state index is 0.114. The molecule has 2 atom stereocenters. The average Bonchev–Trinajstić information content (AvgIpc) is 2.84. The van der Waals surface area contributed by atoms with Crippen LogP contribution < -0.4 is 10.6 Å². The predicted molar refractivity (Wildman–Crippen MR) is 130 cm³/mol. The lowest BCUT2D eigenvalue weighted by Gasteiger charge is -2.37. The van der Waals surface area contributed by atoms with Crippen molar-refractivity contribution in [2.75, 3.05) is 18.0 Å². The number of nitrogens with two attached hydrogens (primary N) is 1. The van der Waals surface area contributed by atoms with Crippen molar-refractivity contribution >= 4 is 16.6 Å². The normalized spacial score (nSPS) is 18.3. The summed E-state index contributed by atoms with van der Waals surface area (Å²) in [6.45, 7) is 3.88. The first-order chi connectivity index (χ1) is 16.9. The Morgan fingerprint density at radius 3 is 2.71 bits per heavy atom. The molecule has 0 aliphatic carbocycles. The number of hydrogen-bond acceptors (Lipinski definition) is 5. The number of aryl methyl sites for hydroxylation is 2. The van der Waals surface area contributed by atoms with Gasteiger partial charge in [0, 0.05) is 60.6 Å². The summed E-state index contributed by atoms with van der Waals surface area (Å²) in [7, 11) is 0. The van der Waals surface area contributed by atoms with Gasteiger partial charge in [-0.05, 0) is 61.1 Å². The van der Waals surface area contributed by atoms with E-state index in [0.29, 0.717) is 24.5 Å².